The quantitative estimate of drug-likeness (QED) is 0.141. The number of aromatic nitrogens is 2. The van der Waals surface area contributed by atoms with Crippen LogP contribution in [-0.4, -0.2) is 41.1 Å². The molecule has 0 atom stereocenters. The Balaban J connectivity index is 1.48. The Labute approximate surface area is 264 Å². The summed E-state index contributed by atoms with van der Waals surface area (Å²) in [7, 11) is 2.03. The number of anilines is 1. The molecule has 0 spiro atoms. The standard InChI is InChI=1S/C34H39Cl2N3O4/c1-6-7-17-42-32-14-11-25(34(40)41)19-24(32)15-16-38(5)30-13-12-26(18-23(30)4)43-21-31-27(22(2)3)20-37-39(31)33-28(35)9-8-10-29(33)36/h8-14,18-20,22H,6-7,15-17,21H2,1-5H3,(H,40,41). The fourth-order valence-electron chi connectivity index (χ4n) is 4.98. The third-order valence-corrected chi connectivity index (χ3v) is 8.02. The maximum absolute atomic E-state index is 11.6. The van der Waals surface area contributed by atoms with Crippen molar-refractivity contribution < 1.29 is 19.4 Å². The van der Waals surface area contributed by atoms with Crippen molar-refractivity contribution in [2.45, 2.75) is 59.5 Å². The summed E-state index contributed by atoms with van der Waals surface area (Å²) in [6.07, 6.45) is 4.47. The van der Waals surface area contributed by atoms with Crippen LogP contribution in [0.15, 0.2) is 60.8 Å². The molecule has 0 aliphatic heterocycles. The lowest BCUT2D eigenvalue weighted by Gasteiger charge is -2.23. The normalized spacial score (nSPS) is 11.2. The van der Waals surface area contributed by atoms with E-state index in [1.165, 1.54) is 0 Å². The van der Waals surface area contributed by atoms with Crippen LogP contribution in [0.3, 0.4) is 0 Å². The highest BCUT2D eigenvalue weighted by atomic mass is 35.5. The minimum atomic E-state index is -0.945. The van der Waals surface area contributed by atoms with Crippen LogP contribution < -0.4 is 14.4 Å². The highest BCUT2D eigenvalue weighted by molar-refractivity contribution is 6.37. The van der Waals surface area contributed by atoms with Crippen LogP contribution in [0.1, 0.15) is 72.3 Å². The lowest BCUT2D eigenvalue weighted by atomic mass is 10.0. The monoisotopic (exact) mass is 623 g/mol. The van der Waals surface area contributed by atoms with Gasteiger partial charge in [-0.2, -0.15) is 5.10 Å². The number of aromatic carboxylic acids is 1. The summed E-state index contributed by atoms with van der Waals surface area (Å²) in [5.41, 5.74) is 5.86. The number of hydrogen-bond acceptors (Lipinski definition) is 5. The van der Waals surface area contributed by atoms with E-state index in [0.717, 1.165) is 52.4 Å². The maximum Gasteiger partial charge on any atom is 0.335 e. The summed E-state index contributed by atoms with van der Waals surface area (Å²) in [6.45, 7) is 9.99. The molecule has 0 aliphatic carbocycles. The molecule has 3 aromatic carbocycles. The Morgan fingerprint density at radius 1 is 1.07 bits per heavy atom. The Morgan fingerprint density at radius 2 is 1.81 bits per heavy atom. The molecule has 1 heterocycles. The molecule has 9 heteroatoms. The van der Waals surface area contributed by atoms with Gasteiger partial charge in [0.2, 0.25) is 0 Å². The minimum absolute atomic E-state index is 0.236. The maximum atomic E-state index is 11.6. The van der Waals surface area contributed by atoms with Gasteiger partial charge < -0.3 is 19.5 Å². The number of nitrogens with zero attached hydrogens (tertiary/aromatic N) is 3. The smallest absolute Gasteiger partial charge is 0.335 e. The van der Waals surface area contributed by atoms with Crippen molar-refractivity contribution in [3.05, 3.63) is 98.8 Å². The molecular weight excluding hydrogens is 585 g/mol. The van der Waals surface area contributed by atoms with E-state index in [9.17, 15) is 9.90 Å². The van der Waals surface area contributed by atoms with Crippen molar-refractivity contribution in [1.29, 1.82) is 0 Å². The highest BCUT2D eigenvalue weighted by Gasteiger charge is 2.20. The summed E-state index contributed by atoms with van der Waals surface area (Å²) < 4.78 is 14.0. The number of carboxylic acids is 1. The number of halogens is 2. The van der Waals surface area contributed by atoms with E-state index in [0.29, 0.717) is 41.9 Å². The van der Waals surface area contributed by atoms with Crippen LogP contribution in [0, 0.1) is 6.92 Å². The second-order valence-electron chi connectivity index (χ2n) is 10.9. The van der Waals surface area contributed by atoms with Gasteiger partial charge in [-0.25, -0.2) is 9.48 Å². The molecule has 43 heavy (non-hydrogen) atoms. The molecule has 4 aromatic rings. The van der Waals surface area contributed by atoms with E-state index in [1.807, 2.05) is 37.5 Å². The number of ether oxygens (including phenoxy) is 2. The lowest BCUT2D eigenvalue weighted by Crippen LogP contribution is -2.21. The number of unbranched alkanes of at least 4 members (excludes halogenated alkanes) is 1. The van der Waals surface area contributed by atoms with Crippen molar-refractivity contribution in [1.82, 2.24) is 9.78 Å². The molecule has 1 N–H and O–H groups in total. The van der Waals surface area contributed by atoms with Crippen LogP contribution in [-0.2, 0) is 13.0 Å². The molecule has 0 saturated carbocycles. The van der Waals surface area contributed by atoms with E-state index >= 15 is 0 Å². The fourth-order valence-corrected chi connectivity index (χ4v) is 5.54. The number of likely N-dealkylation sites (N-methyl/N-ethyl adjacent to an activating group) is 1. The highest BCUT2D eigenvalue weighted by Crippen LogP contribution is 2.33. The SMILES string of the molecule is CCCCOc1ccc(C(=O)O)cc1CCN(C)c1ccc(OCc2c(C(C)C)cnn2-c2c(Cl)cccc2Cl)cc1C. The first-order chi connectivity index (χ1) is 20.6. The second kappa shape index (κ2) is 14.7. The van der Waals surface area contributed by atoms with Gasteiger partial charge in [0, 0.05) is 19.3 Å². The number of rotatable bonds is 14. The predicted octanol–water partition coefficient (Wildman–Crippen LogP) is 8.75. The van der Waals surface area contributed by atoms with E-state index < -0.39 is 5.97 Å². The Hall–Kier alpha value is -3.68. The largest absolute Gasteiger partial charge is 0.493 e. The predicted molar refractivity (Wildman–Crippen MR) is 174 cm³/mol. The van der Waals surface area contributed by atoms with Crippen LogP contribution in [0.5, 0.6) is 11.5 Å². The first kappa shape index (κ1) is 32.2. The van der Waals surface area contributed by atoms with Gasteiger partial charge in [0.05, 0.1) is 34.1 Å². The molecule has 0 fully saturated rings. The van der Waals surface area contributed by atoms with Gasteiger partial charge in [0.1, 0.15) is 23.8 Å². The van der Waals surface area contributed by atoms with E-state index in [1.54, 1.807) is 35.0 Å². The molecule has 4 rings (SSSR count). The zero-order valence-corrected chi connectivity index (χ0v) is 26.9. The Kier molecular flexibility index (Phi) is 11.0. The summed E-state index contributed by atoms with van der Waals surface area (Å²) in [4.78, 5) is 13.7. The summed E-state index contributed by atoms with van der Waals surface area (Å²) in [5, 5.41) is 15.1. The number of hydrogen-bond donors (Lipinski definition) is 1. The van der Waals surface area contributed by atoms with Gasteiger partial charge in [-0.1, -0.05) is 56.5 Å². The van der Waals surface area contributed by atoms with Gasteiger partial charge in [0.15, 0.2) is 0 Å². The fraction of sp³-hybridized carbons (Fsp3) is 0.353. The van der Waals surface area contributed by atoms with Crippen molar-refractivity contribution in [3.63, 3.8) is 0 Å². The molecule has 0 amide bonds. The van der Waals surface area contributed by atoms with Gasteiger partial charge >= 0.3 is 5.97 Å². The summed E-state index contributed by atoms with van der Waals surface area (Å²) >= 11 is 13.0. The minimum Gasteiger partial charge on any atom is -0.493 e. The van der Waals surface area contributed by atoms with Crippen LogP contribution in [0.25, 0.3) is 5.69 Å². The third-order valence-electron chi connectivity index (χ3n) is 7.41. The van der Waals surface area contributed by atoms with Gasteiger partial charge in [-0.05, 0) is 90.9 Å². The van der Waals surface area contributed by atoms with Crippen molar-refractivity contribution in [3.8, 4) is 17.2 Å². The zero-order valence-electron chi connectivity index (χ0n) is 25.4. The molecule has 7 nitrogen and oxygen atoms in total. The molecule has 0 aliphatic rings. The number of aryl methyl sites for hydroxylation is 1. The third kappa shape index (κ3) is 7.84. The van der Waals surface area contributed by atoms with Gasteiger partial charge in [-0.3, -0.25) is 0 Å². The van der Waals surface area contributed by atoms with Crippen LogP contribution in [0.2, 0.25) is 10.0 Å². The molecule has 1 aromatic heterocycles. The van der Waals surface area contributed by atoms with Gasteiger partial charge in [-0.15, -0.1) is 0 Å². The van der Waals surface area contributed by atoms with Crippen LogP contribution >= 0.6 is 23.2 Å². The molecular formula is C34H39Cl2N3O4. The van der Waals surface area contributed by atoms with E-state index in [-0.39, 0.29) is 11.5 Å². The Bertz CT molecular complexity index is 1550. The van der Waals surface area contributed by atoms with E-state index in [4.69, 9.17) is 32.7 Å². The molecule has 228 valence electrons. The van der Waals surface area contributed by atoms with Crippen molar-refractivity contribution in [2.75, 3.05) is 25.1 Å². The number of para-hydroxylation sites is 1. The zero-order chi connectivity index (χ0) is 31.1. The average molecular weight is 625 g/mol. The molecule has 0 unspecified atom stereocenters. The van der Waals surface area contributed by atoms with Crippen LogP contribution in [0.4, 0.5) is 5.69 Å². The van der Waals surface area contributed by atoms with E-state index in [2.05, 4.69) is 37.7 Å². The van der Waals surface area contributed by atoms with Crippen molar-refractivity contribution in [2.24, 2.45) is 0 Å². The lowest BCUT2D eigenvalue weighted by molar-refractivity contribution is 0.0696. The number of carboxylic acid groups (broad SMARTS) is 1. The first-order valence-corrected chi connectivity index (χ1v) is 15.3. The van der Waals surface area contributed by atoms with Gasteiger partial charge in [0.25, 0.3) is 0 Å². The van der Waals surface area contributed by atoms with Crippen molar-refractivity contribution >= 4 is 34.9 Å². The summed E-state index contributed by atoms with van der Waals surface area (Å²) in [6, 6.07) is 16.5. The average Bonchev–Trinajstić information content (AvgIpc) is 3.39. The molecule has 0 saturated heterocycles. The second-order valence-corrected chi connectivity index (χ2v) is 11.7. The molecule has 0 radical (unpaired) electrons. The summed E-state index contributed by atoms with van der Waals surface area (Å²) in [5.74, 6) is 0.772. The molecule has 0 bridgehead atoms. The number of benzene rings is 3. The Morgan fingerprint density at radius 3 is 2.47 bits per heavy atom. The number of carbonyl (C=O) groups is 1. The first-order valence-electron chi connectivity index (χ1n) is 14.6. The topological polar surface area (TPSA) is 76.8 Å².